The molecule has 0 bridgehead atoms. The molecule has 1 saturated carbocycles. The van der Waals surface area contributed by atoms with Gasteiger partial charge in [0.25, 0.3) is 5.91 Å². The van der Waals surface area contributed by atoms with E-state index in [2.05, 4.69) is 15.4 Å². The number of rotatable bonds is 5. The highest BCUT2D eigenvalue weighted by Gasteiger charge is 2.61. The first kappa shape index (κ1) is 32.8. The zero-order valence-electron chi connectivity index (χ0n) is 25.2. The fraction of sp³-hybridized carbons (Fsp3) is 0.567. The smallest absolute Gasteiger partial charge is 0.408 e. The van der Waals surface area contributed by atoms with Crippen molar-refractivity contribution in [2.24, 2.45) is 5.92 Å². The number of anilines is 1. The van der Waals surface area contributed by atoms with Gasteiger partial charge in [0.05, 0.1) is 17.3 Å². The summed E-state index contributed by atoms with van der Waals surface area (Å²) >= 11 is 0. The minimum atomic E-state index is -4.38. The number of fused-ring (bicyclic) bond motifs is 2. The monoisotopic (exact) mass is 628 g/mol. The number of benzene rings is 1. The second kappa shape index (κ2) is 13.3. The van der Waals surface area contributed by atoms with Gasteiger partial charge in [0.1, 0.15) is 23.2 Å². The molecule has 1 aromatic carbocycles. The summed E-state index contributed by atoms with van der Waals surface area (Å²) in [5, 5.41) is 14.4. The third-order valence-corrected chi connectivity index (χ3v) is 8.78. The molecule has 4 atom stereocenters. The van der Waals surface area contributed by atoms with Gasteiger partial charge in [-0.25, -0.2) is 9.52 Å². The van der Waals surface area contributed by atoms with Gasteiger partial charge in [-0.1, -0.05) is 25.0 Å². The number of alkyl carbamates (subject to hydrolysis) is 1. The summed E-state index contributed by atoms with van der Waals surface area (Å²) in [6.07, 6.45) is 7.45. The van der Waals surface area contributed by atoms with E-state index in [0.717, 1.165) is 12.8 Å². The predicted octanol–water partition coefficient (Wildman–Crippen LogP) is 2.61. The van der Waals surface area contributed by atoms with E-state index in [9.17, 15) is 27.6 Å². The summed E-state index contributed by atoms with van der Waals surface area (Å²) in [6.45, 7) is 5.48. The summed E-state index contributed by atoms with van der Waals surface area (Å²) < 4.78 is 35.4. The largest absolute Gasteiger partial charge is 0.444 e. The lowest BCUT2D eigenvalue weighted by atomic mass is 10.0. The second-order valence-corrected chi connectivity index (χ2v) is 13.9. The van der Waals surface area contributed by atoms with E-state index < -0.39 is 63.2 Å². The normalized spacial score (nSPS) is 26.0. The Morgan fingerprint density at radius 3 is 2.50 bits per heavy atom. The standard InChI is InChI=1S/C30H40N6O7S/c1-29(2,3)43-28(40)32-23-11-8-6-4-5-7-10-21-18-30(21,33-25(37)24-12-9-17-36(24)26(23)38)27(39)35-44(41,42)34-22-15-13-20(19-31)14-16-22/h7,10,13-16,21,23-24,34H,4-6,8-9,11-12,17-18H2,1-3H3,(H,32,40)(H,33,37)(H,35,39)/t21-,23+,24+,30-/m1/s1. The quantitative estimate of drug-likeness (QED) is 0.358. The fourth-order valence-electron chi connectivity index (χ4n) is 5.55. The van der Waals surface area contributed by atoms with Crippen LogP contribution in [0, 0.1) is 17.2 Å². The van der Waals surface area contributed by atoms with Gasteiger partial charge < -0.3 is 20.3 Å². The molecule has 0 radical (unpaired) electrons. The van der Waals surface area contributed by atoms with Crippen LogP contribution < -0.4 is 20.1 Å². The van der Waals surface area contributed by atoms with Crippen molar-refractivity contribution in [2.75, 3.05) is 11.3 Å². The van der Waals surface area contributed by atoms with Crippen LogP contribution >= 0.6 is 0 Å². The molecule has 4 amide bonds. The third kappa shape index (κ3) is 8.28. The molecule has 1 aliphatic carbocycles. The van der Waals surface area contributed by atoms with Crippen LogP contribution in [0.3, 0.4) is 0 Å². The molecular weight excluding hydrogens is 588 g/mol. The van der Waals surface area contributed by atoms with Crippen LogP contribution in [0.1, 0.15) is 77.7 Å². The van der Waals surface area contributed by atoms with Crippen molar-refractivity contribution in [3.05, 3.63) is 42.0 Å². The molecule has 0 unspecified atom stereocenters. The van der Waals surface area contributed by atoms with Crippen molar-refractivity contribution < 1.29 is 32.3 Å². The van der Waals surface area contributed by atoms with Gasteiger partial charge in [0.15, 0.2) is 0 Å². The number of carbonyl (C=O) groups excluding carboxylic acids is 4. The number of allylic oxidation sites excluding steroid dienone is 1. The summed E-state index contributed by atoms with van der Waals surface area (Å²) in [4.78, 5) is 54.8. The van der Waals surface area contributed by atoms with E-state index in [1.807, 2.05) is 22.9 Å². The summed E-state index contributed by atoms with van der Waals surface area (Å²) in [5.41, 5.74) is -1.78. The van der Waals surface area contributed by atoms with E-state index in [1.165, 1.54) is 29.2 Å². The van der Waals surface area contributed by atoms with Crippen LogP contribution in [0.25, 0.3) is 0 Å². The van der Waals surface area contributed by atoms with Gasteiger partial charge >= 0.3 is 16.3 Å². The van der Waals surface area contributed by atoms with Gasteiger partial charge in [-0.05, 0) is 83.6 Å². The Kier molecular flexibility index (Phi) is 9.88. The average Bonchev–Trinajstić information content (AvgIpc) is 3.40. The van der Waals surface area contributed by atoms with Crippen LogP contribution in [-0.4, -0.2) is 66.9 Å². The summed E-state index contributed by atoms with van der Waals surface area (Å²) in [6, 6.07) is 5.82. The number of carbonyl (C=O) groups is 4. The van der Waals surface area contributed by atoms with Crippen LogP contribution in [0.5, 0.6) is 0 Å². The molecule has 2 fully saturated rings. The molecule has 44 heavy (non-hydrogen) atoms. The first-order valence-electron chi connectivity index (χ1n) is 14.9. The van der Waals surface area contributed by atoms with Crippen LogP contribution in [0.15, 0.2) is 36.4 Å². The molecule has 0 aromatic heterocycles. The minimum Gasteiger partial charge on any atom is -0.444 e. The highest BCUT2D eigenvalue weighted by molar-refractivity contribution is 7.91. The van der Waals surface area contributed by atoms with E-state index in [4.69, 9.17) is 10.00 Å². The Morgan fingerprint density at radius 1 is 1.09 bits per heavy atom. The number of nitrogens with zero attached hydrogens (tertiary/aromatic N) is 2. The Morgan fingerprint density at radius 2 is 1.82 bits per heavy atom. The fourth-order valence-corrected chi connectivity index (χ4v) is 6.47. The number of ether oxygens (including phenoxy) is 1. The van der Waals surface area contributed by atoms with Crippen molar-refractivity contribution in [1.29, 1.82) is 5.26 Å². The molecule has 4 rings (SSSR count). The number of nitriles is 1. The zero-order valence-corrected chi connectivity index (χ0v) is 26.0. The molecule has 2 heterocycles. The second-order valence-electron chi connectivity index (χ2n) is 12.5. The molecule has 3 aliphatic rings. The third-order valence-electron chi connectivity index (χ3n) is 7.82. The first-order valence-corrected chi connectivity index (χ1v) is 16.4. The maximum absolute atomic E-state index is 13.7. The van der Waals surface area contributed by atoms with Crippen molar-refractivity contribution >= 4 is 39.7 Å². The SMILES string of the molecule is CC(C)(C)OC(=O)N[C@H]1CCCCCC=C[C@@H]2C[C@@]2(C(=O)NS(=O)(=O)Nc2ccc(C#N)cc2)NC(=O)[C@@H]2CCCN2C1=O. The van der Waals surface area contributed by atoms with Crippen molar-refractivity contribution in [3.63, 3.8) is 0 Å². The van der Waals surface area contributed by atoms with Gasteiger partial charge in [-0.3, -0.25) is 19.1 Å². The van der Waals surface area contributed by atoms with Crippen molar-refractivity contribution in [2.45, 2.75) is 95.4 Å². The number of nitrogens with one attached hydrogen (secondary N) is 4. The molecule has 14 heteroatoms. The topological polar surface area (TPSA) is 187 Å². The van der Waals surface area contributed by atoms with E-state index in [0.29, 0.717) is 44.2 Å². The van der Waals surface area contributed by atoms with Crippen LogP contribution in [0.4, 0.5) is 10.5 Å². The average molecular weight is 629 g/mol. The molecule has 13 nitrogen and oxygen atoms in total. The molecule has 1 saturated heterocycles. The number of hydrogen-bond donors (Lipinski definition) is 4. The summed E-state index contributed by atoms with van der Waals surface area (Å²) in [5.74, 6) is -2.30. The van der Waals surface area contributed by atoms with Gasteiger partial charge in [-0.2, -0.15) is 13.7 Å². The molecule has 0 spiro atoms. The maximum Gasteiger partial charge on any atom is 0.408 e. The minimum absolute atomic E-state index is 0.148. The lowest BCUT2D eigenvalue weighted by Gasteiger charge is -2.30. The predicted molar refractivity (Wildman–Crippen MR) is 161 cm³/mol. The van der Waals surface area contributed by atoms with Gasteiger partial charge in [-0.15, -0.1) is 0 Å². The first-order chi connectivity index (χ1) is 20.7. The Balaban J connectivity index is 1.52. The van der Waals surface area contributed by atoms with Crippen LogP contribution in [-0.2, 0) is 29.3 Å². The summed E-state index contributed by atoms with van der Waals surface area (Å²) in [7, 11) is -4.38. The van der Waals surface area contributed by atoms with Crippen molar-refractivity contribution in [1.82, 2.24) is 20.3 Å². The Hall–Kier alpha value is -4.12. The van der Waals surface area contributed by atoms with E-state index >= 15 is 0 Å². The highest BCUT2D eigenvalue weighted by Crippen LogP contribution is 2.45. The van der Waals surface area contributed by atoms with Crippen molar-refractivity contribution in [3.8, 4) is 6.07 Å². The number of amides is 4. The zero-order chi connectivity index (χ0) is 32.1. The molecule has 4 N–H and O–H groups in total. The Bertz CT molecular complexity index is 1450. The molecule has 1 aromatic rings. The Labute approximate surface area is 257 Å². The van der Waals surface area contributed by atoms with Gasteiger partial charge in [0.2, 0.25) is 11.8 Å². The molecule has 238 valence electrons. The maximum atomic E-state index is 13.7. The number of hydrogen-bond acceptors (Lipinski definition) is 8. The molecular formula is C30H40N6O7S. The molecule has 2 aliphatic heterocycles. The lowest BCUT2D eigenvalue weighted by molar-refractivity contribution is -0.141. The highest BCUT2D eigenvalue weighted by atomic mass is 32.2. The van der Waals surface area contributed by atoms with Crippen LogP contribution in [0.2, 0.25) is 0 Å². The van der Waals surface area contributed by atoms with E-state index in [1.54, 1.807) is 20.8 Å². The lowest BCUT2D eigenvalue weighted by Crippen LogP contribution is -2.58. The van der Waals surface area contributed by atoms with E-state index in [-0.39, 0.29) is 12.1 Å². The van der Waals surface area contributed by atoms with Gasteiger partial charge in [0, 0.05) is 12.5 Å².